The molecule has 0 fully saturated rings. The van der Waals surface area contributed by atoms with E-state index in [4.69, 9.17) is 10.5 Å². The van der Waals surface area contributed by atoms with Gasteiger partial charge in [-0.2, -0.15) is 0 Å². The third-order valence-corrected chi connectivity index (χ3v) is 1.49. The molecule has 0 spiro atoms. The molecule has 0 aromatic rings. The summed E-state index contributed by atoms with van der Waals surface area (Å²) in [6.45, 7) is 4.71. The molecule has 0 aliphatic heterocycles. The Labute approximate surface area is 62.9 Å². The highest BCUT2D eigenvalue weighted by Crippen LogP contribution is 1.91. The van der Waals surface area contributed by atoms with Crippen LogP contribution in [0.5, 0.6) is 0 Å². The minimum atomic E-state index is 0.221. The van der Waals surface area contributed by atoms with Crippen molar-refractivity contribution in [3.63, 3.8) is 0 Å². The lowest BCUT2D eigenvalue weighted by Crippen LogP contribution is -2.27. The van der Waals surface area contributed by atoms with Crippen LogP contribution in [-0.4, -0.2) is 32.8 Å². The van der Waals surface area contributed by atoms with Crippen LogP contribution in [0.2, 0.25) is 0 Å². The maximum atomic E-state index is 5.41. The van der Waals surface area contributed by atoms with Crippen LogP contribution < -0.4 is 11.1 Å². The zero-order valence-corrected chi connectivity index (χ0v) is 6.89. The van der Waals surface area contributed by atoms with E-state index in [1.165, 1.54) is 0 Å². The molecular formula is C7H18N2O. The predicted molar refractivity (Wildman–Crippen MR) is 43.0 cm³/mol. The third kappa shape index (κ3) is 4.73. The molecule has 3 nitrogen and oxygen atoms in total. The highest BCUT2D eigenvalue weighted by Gasteiger charge is 2.01. The molecule has 10 heavy (non-hydrogen) atoms. The molecule has 0 rings (SSSR count). The molecule has 0 heterocycles. The van der Waals surface area contributed by atoms with Gasteiger partial charge in [-0.1, -0.05) is 6.92 Å². The molecule has 0 aromatic carbocycles. The van der Waals surface area contributed by atoms with Gasteiger partial charge in [0, 0.05) is 13.7 Å². The van der Waals surface area contributed by atoms with Gasteiger partial charge in [0.25, 0.3) is 0 Å². The normalized spacial score (nSPS) is 13.5. The number of nitrogens with one attached hydrogen (secondary N) is 1. The topological polar surface area (TPSA) is 47.3 Å². The second-order valence-electron chi connectivity index (χ2n) is 2.24. The fraction of sp³-hybridized carbons (Fsp3) is 1.00. The van der Waals surface area contributed by atoms with Crippen molar-refractivity contribution in [1.82, 2.24) is 5.32 Å². The fourth-order valence-corrected chi connectivity index (χ4v) is 0.772. The molecule has 0 aromatic heterocycles. The highest BCUT2D eigenvalue weighted by atomic mass is 16.5. The van der Waals surface area contributed by atoms with Gasteiger partial charge in [-0.25, -0.2) is 0 Å². The number of hydrogen-bond acceptors (Lipinski definition) is 3. The first kappa shape index (κ1) is 9.88. The second kappa shape index (κ2) is 6.99. The van der Waals surface area contributed by atoms with Crippen molar-refractivity contribution in [3.8, 4) is 0 Å². The van der Waals surface area contributed by atoms with Gasteiger partial charge in [0.05, 0.1) is 6.10 Å². The van der Waals surface area contributed by atoms with E-state index in [0.717, 1.165) is 19.5 Å². The van der Waals surface area contributed by atoms with Crippen LogP contribution in [0.25, 0.3) is 0 Å². The number of nitrogens with two attached hydrogens (primary N) is 1. The summed E-state index contributed by atoms with van der Waals surface area (Å²) < 4.78 is 5.08. The van der Waals surface area contributed by atoms with Crippen molar-refractivity contribution in [2.45, 2.75) is 19.4 Å². The van der Waals surface area contributed by atoms with Gasteiger partial charge >= 0.3 is 0 Å². The van der Waals surface area contributed by atoms with Crippen LogP contribution in [-0.2, 0) is 4.74 Å². The first-order chi connectivity index (χ1) is 4.85. The fourth-order valence-electron chi connectivity index (χ4n) is 0.772. The van der Waals surface area contributed by atoms with Crippen LogP contribution >= 0.6 is 0 Å². The smallest absolute Gasteiger partial charge is 0.0705 e. The summed E-state index contributed by atoms with van der Waals surface area (Å²) in [7, 11) is 1.70. The summed E-state index contributed by atoms with van der Waals surface area (Å²) in [5.41, 5.74) is 5.41. The molecule has 0 saturated heterocycles. The average molecular weight is 146 g/mol. The molecule has 1 atom stereocenters. The third-order valence-electron chi connectivity index (χ3n) is 1.49. The van der Waals surface area contributed by atoms with Gasteiger partial charge < -0.3 is 15.8 Å². The molecule has 0 radical (unpaired) electrons. The van der Waals surface area contributed by atoms with E-state index in [1.807, 2.05) is 0 Å². The molecule has 0 aliphatic rings. The Morgan fingerprint density at radius 1 is 1.60 bits per heavy atom. The van der Waals surface area contributed by atoms with Crippen LogP contribution in [0.1, 0.15) is 13.3 Å². The minimum absolute atomic E-state index is 0.221. The lowest BCUT2D eigenvalue weighted by molar-refractivity contribution is 0.102. The number of rotatable bonds is 6. The lowest BCUT2D eigenvalue weighted by atomic mass is 10.2. The molecule has 0 amide bonds. The van der Waals surface area contributed by atoms with E-state index in [9.17, 15) is 0 Å². The molecule has 0 saturated carbocycles. The first-order valence-electron chi connectivity index (χ1n) is 3.78. The summed E-state index contributed by atoms with van der Waals surface area (Å²) in [4.78, 5) is 0. The first-order valence-corrected chi connectivity index (χ1v) is 3.78. The molecule has 3 heteroatoms. The van der Waals surface area contributed by atoms with Crippen molar-refractivity contribution >= 4 is 0 Å². The SMILES string of the molecule is CCNCCC(CN)OC. The van der Waals surface area contributed by atoms with Crippen LogP contribution in [0, 0.1) is 0 Å². The Balaban J connectivity index is 3.09. The van der Waals surface area contributed by atoms with Crippen molar-refractivity contribution in [3.05, 3.63) is 0 Å². The number of hydrogen-bond donors (Lipinski definition) is 2. The molecule has 0 aliphatic carbocycles. The van der Waals surface area contributed by atoms with Crippen molar-refractivity contribution < 1.29 is 4.74 Å². The van der Waals surface area contributed by atoms with E-state index >= 15 is 0 Å². The maximum absolute atomic E-state index is 5.41. The molecular weight excluding hydrogens is 128 g/mol. The second-order valence-corrected chi connectivity index (χ2v) is 2.24. The zero-order valence-electron chi connectivity index (χ0n) is 6.89. The van der Waals surface area contributed by atoms with Gasteiger partial charge in [-0.15, -0.1) is 0 Å². The van der Waals surface area contributed by atoms with E-state index in [0.29, 0.717) is 6.54 Å². The van der Waals surface area contributed by atoms with E-state index < -0.39 is 0 Å². The van der Waals surface area contributed by atoms with Gasteiger partial charge in [0.1, 0.15) is 0 Å². The van der Waals surface area contributed by atoms with Crippen LogP contribution in [0.3, 0.4) is 0 Å². The van der Waals surface area contributed by atoms with Gasteiger partial charge in [0.2, 0.25) is 0 Å². The Morgan fingerprint density at radius 2 is 2.30 bits per heavy atom. The van der Waals surface area contributed by atoms with Crippen molar-refractivity contribution in [1.29, 1.82) is 0 Å². The molecule has 62 valence electrons. The molecule has 3 N–H and O–H groups in total. The summed E-state index contributed by atoms with van der Waals surface area (Å²) in [6.07, 6.45) is 1.22. The van der Waals surface area contributed by atoms with Gasteiger partial charge in [-0.3, -0.25) is 0 Å². The average Bonchev–Trinajstić information content (AvgIpc) is 1.99. The predicted octanol–water partition coefficient (Wildman–Crippen LogP) is -0.0403. The van der Waals surface area contributed by atoms with Crippen LogP contribution in [0.15, 0.2) is 0 Å². The Kier molecular flexibility index (Phi) is 6.91. The summed E-state index contributed by atoms with van der Waals surface area (Å²) in [5, 5.41) is 3.21. The van der Waals surface area contributed by atoms with Crippen molar-refractivity contribution in [2.75, 3.05) is 26.7 Å². The Morgan fingerprint density at radius 3 is 2.70 bits per heavy atom. The summed E-state index contributed by atoms with van der Waals surface area (Å²) in [5.74, 6) is 0. The Bertz CT molecular complexity index is 64.6. The van der Waals surface area contributed by atoms with Gasteiger partial charge in [0.15, 0.2) is 0 Å². The zero-order chi connectivity index (χ0) is 7.82. The molecule has 0 bridgehead atoms. The highest BCUT2D eigenvalue weighted by molar-refractivity contribution is 4.58. The summed E-state index contributed by atoms with van der Waals surface area (Å²) in [6, 6.07) is 0. The lowest BCUT2D eigenvalue weighted by Gasteiger charge is -2.11. The Hall–Kier alpha value is -0.120. The monoisotopic (exact) mass is 146 g/mol. The van der Waals surface area contributed by atoms with Gasteiger partial charge in [-0.05, 0) is 19.5 Å². The molecule has 1 unspecified atom stereocenters. The quantitative estimate of drug-likeness (QED) is 0.517. The largest absolute Gasteiger partial charge is 0.380 e. The van der Waals surface area contributed by atoms with E-state index in [-0.39, 0.29) is 6.10 Å². The van der Waals surface area contributed by atoms with Crippen molar-refractivity contribution in [2.24, 2.45) is 5.73 Å². The number of methoxy groups -OCH3 is 1. The van der Waals surface area contributed by atoms with E-state index in [2.05, 4.69) is 12.2 Å². The maximum Gasteiger partial charge on any atom is 0.0705 e. The number of ether oxygens (including phenoxy) is 1. The van der Waals surface area contributed by atoms with E-state index in [1.54, 1.807) is 7.11 Å². The minimum Gasteiger partial charge on any atom is -0.380 e. The summed E-state index contributed by atoms with van der Waals surface area (Å²) >= 11 is 0. The standard InChI is InChI=1S/C7H18N2O/c1-3-9-5-4-7(6-8)10-2/h7,9H,3-6,8H2,1-2H3. The van der Waals surface area contributed by atoms with Crippen LogP contribution in [0.4, 0.5) is 0 Å².